The molecule has 2 fully saturated rings. The molecule has 2 heterocycles. The van der Waals surface area contributed by atoms with Gasteiger partial charge in [-0.05, 0) is 50.5 Å². The Morgan fingerprint density at radius 3 is 2.54 bits per heavy atom. The maximum absolute atomic E-state index is 12.2. The van der Waals surface area contributed by atoms with Gasteiger partial charge in [-0.1, -0.05) is 43.7 Å². The monoisotopic (exact) mass is 329 g/mol. The minimum absolute atomic E-state index is 0.0153. The summed E-state index contributed by atoms with van der Waals surface area (Å²) in [6.07, 6.45) is 5.45. The molecule has 1 spiro atoms. The third-order valence-electron chi connectivity index (χ3n) is 5.72. The van der Waals surface area contributed by atoms with Gasteiger partial charge >= 0.3 is 0 Å². The Balaban J connectivity index is 1.57. The lowest BCUT2D eigenvalue weighted by atomic mass is 9.77. The number of aryl methyl sites for hydroxylation is 1. The molecule has 1 aromatic rings. The molecular formula is C21H31NO2. The van der Waals surface area contributed by atoms with Gasteiger partial charge in [0.25, 0.3) is 0 Å². The number of rotatable bonds is 3. The lowest BCUT2D eigenvalue weighted by Gasteiger charge is -2.46. The van der Waals surface area contributed by atoms with Crippen LogP contribution in [0.5, 0.6) is 0 Å². The molecule has 132 valence electrons. The smallest absolute Gasteiger partial charge is 0.225 e. The van der Waals surface area contributed by atoms with E-state index in [0.717, 1.165) is 51.8 Å². The fourth-order valence-corrected chi connectivity index (χ4v) is 4.21. The van der Waals surface area contributed by atoms with Crippen LogP contribution in [-0.4, -0.2) is 36.1 Å². The highest BCUT2D eigenvalue weighted by Gasteiger charge is 2.41. The second-order valence-corrected chi connectivity index (χ2v) is 8.06. The Morgan fingerprint density at radius 2 is 1.92 bits per heavy atom. The third kappa shape index (κ3) is 4.00. The summed E-state index contributed by atoms with van der Waals surface area (Å²) in [7, 11) is 0. The van der Waals surface area contributed by atoms with Crippen LogP contribution in [0.4, 0.5) is 0 Å². The summed E-state index contributed by atoms with van der Waals surface area (Å²) in [5.41, 5.74) is 2.78. The van der Waals surface area contributed by atoms with E-state index in [1.54, 1.807) is 0 Å². The van der Waals surface area contributed by atoms with Crippen molar-refractivity contribution in [3.05, 3.63) is 35.4 Å². The van der Waals surface area contributed by atoms with Crippen molar-refractivity contribution in [1.29, 1.82) is 0 Å². The second-order valence-electron chi connectivity index (χ2n) is 8.06. The zero-order valence-corrected chi connectivity index (χ0v) is 15.4. The van der Waals surface area contributed by atoms with Crippen molar-refractivity contribution >= 4 is 5.91 Å². The van der Waals surface area contributed by atoms with Crippen molar-refractivity contribution in [2.75, 3.05) is 19.7 Å². The van der Waals surface area contributed by atoms with E-state index < -0.39 is 0 Å². The predicted molar refractivity (Wildman–Crippen MR) is 96.9 cm³/mol. The molecule has 1 unspecified atom stereocenters. The van der Waals surface area contributed by atoms with E-state index >= 15 is 0 Å². The summed E-state index contributed by atoms with van der Waals surface area (Å²) in [6, 6.07) is 8.95. The number of benzene rings is 1. The van der Waals surface area contributed by atoms with E-state index in [1.165, 1.54) is 11.1 Å². The zero-order valence-electron chi connectivity index (χ0n) is 15.4. The molecule has 0 aromatic heterocycles. The lowest BCUT2D eigenvalue weighted by molar-refractivity contribution is -0.149. The molecule has 0 bridgehead atoms. The van der Waals surface area contributed by atoms with Gasteiger partial charge in [-0.25, -0.2) is 0 Å². The van der Waals surface area contributed by atoms with Crippen LogP contribution in [0, 0.1) is 18.8 Å². The topological polar surface area (TPSA) is 29.5 Å². The maximum atomic E-state index is 12.2. The highest BCUT2D eigenvalue weighted by molar-refractivity contribution is 5.78. The molecule has 1 atom stereocenters. The maximum Gasteiger partial charge on any atom is 0.225 e. The van der Waals surface area contributed by atoms with Crippen LogP contribution in [-0.2, 0) is 16.0 Å². The number of carbonyl (C=O) groups excluding carboxylic acids is 1. The number of nitrogens with zero attached hydrogens (tertiary/aromatic N) is 1. The summed E-state index contributed by atoms with van der Waals surface area (Å²) in [4.78, 5) is 14.2. The molecule has 2 aliphatic rings. The number of piperidine rings is 1. The average molecular weight is 329 g/mol. The Labute approximate surface area is 146 Å². The van der Waals surface area contributed by atoms with Crippen molar-refractivity contribution in [2.24, 2.45) is 11.8 Å². The molecule has 24 heavy (non-hydrogen) atoms. The fraction of sp³-hybridized carbons (Fsp3) is 0.667. The number of hydrogen-bond acceptors (Lipinski definition) is 2. The van der Waals surface area contributed by atoms with Crippen LogP contribution in [0.25, 0.3) is 0 Å². The molecule has 2 aliphatic heterocycles. The van der Waals surface area contributed by atoms with Gasteiger partial charge in [0, 0.05) is 25.6 Å². The molecule has 0 saturated carbocycles. The first-order valence-corrected chi connectivity index (χ1v) is 9.46. The van der Waals surface area contributed by atoms with E-state index in [9.17, 15) is 4.79 Å². The van der Waals surface area contributed by atoms with Crippen molar-refractivity contribution in [3.8, 4) is 0 Å². The Kier molecular flexibility index (Phi) is 5.29. The quantitative estimate of drug-likeness (QED) is 0.839. The first-order valence-electron chi connectivity index (χ1n) is 9.46. The van der Waals surface area contributed by atoms with E-state index in [2.05, 4.69) is 31.2 Å². The van der Waals surface area contributed by atoms with Crippen LogP contribution in [0.15, 0.2) is 24.3 Å². The summed E-state index contributed by atoms with van der Waals surface area (Å²) >= 11 is 0. The first-order chi connectivity index (χ1) is 11.5. The van der Waals surface area contributed by atoms with Crippen molar-refractivity contribution < 1.29 is 9.53 Å². The van der Waals surface area contributed by atoms with Gasteiger partial charge in [0.15, 0.2) is 0 Å². The van der Waals surface area contributed by atoms with Crippen molar-refractivity contribution in [3.63, 3.8) is 0 Å². The van der Waals surface area contributed by atoms with Gasteiger partial charge in [0.05, 0.1) is 5.60 Å². The summed E-state index contributed by atoms with van der Waals surface area (Å²) in [5, 5.41) is 0. The molecular weight excluding hydrogens is 298 g/mol. The number of carbonyl (C=O) groups is 1. The van der Waals surface area contributed by atoms with E-state index in [0.29, 0.717) is 5.92 Å². The molecule has 3 nitrogen and oxygen atoms in total. The normalized spacial score (nSPS) is 23.7. The van der Waals surface area contributed by atoms with Gasteiger partial charge in [-0.3, -0.25) is 4.79 Å². The Bertz CT molecular complexity index is 556. The number of likely N-dealkylation sites (tertiary alicyclic amines) is 1. The SMILES string of the molecule is Cc1ccc(CC2CCOC3(CCN(C(=O)C(C)C)CC3)C2)cc1. The lowest BCUT2D eigenvalue weighted by Crippen LogP contribution is -2.51. The third-order valence-corrected chi connectivity index (χ3v) is 5.72. The van der Waals surface area contributed by atoms with Gasteiger partial charge in [-0.2, -0.15) is 0 Å². The van der Waals surface area contributed by atoms with Gasteiger partial charge < -0.3 is 9.64 Å². The molecule has 3 heteroatoms. The standard InChI is InChI=1S/C21H31NO2/c1-16(2)20(23)22-11-9-21(10-12-22)15-19(8-13-24-21)14-18-6-4-17(3)5-7-18/h4-7,16,19H,8-15H2,1-3H3. The van der Waals surface area contributed by atoms with Crippen LogP contribution in [0.1, 0.15) is 50.7 Å². The summed E-state index contributed by atoms with van der Waals surface area (Å²) in [6.45, 7) is 8.69. The van der Waals surface area contributed by atoms with Crippen LogP contribution < -0.4 is 0 Å². The van der Waals surface area contributed by atoms with Gasteiger partial charge in [0.2, 0.25) is 5.91 Å². The average Bonchev–Trinajstić information content (AvgIpc) is 2.57. The van der Waals surface area contributed by atoms with Crippen molar-refractivity contribution in [2.45, 2.75) is 58.5 Å². The minimum Gasteiger partial charge on any atom is -0.375 e. The van der Waals surface area contributed by atoms with E-state index in [1.807, 2.05) is 18.7 Å². The van der Waals surface area contributed by atoms with E-state index in [-0.39, 0.29) is 17.4 Å². The second kappa shape index (κ2) is 7.26. The molecule has 0 N–H and O–H groups in total. The fourth-order valence-electron chi connectivity index (χ4n) is 4.21. The van der Waals surface area contributed by atoms with Gasteiger partial charge in [-0.15, -0.1) is 0 Å². The Hall–Kier alpha value is -1.35. The largest absolute Gasteiger partial charge is 0.375 e. The van der Waals surface area contributed by atoms with E-state index in [4.69, 9.17) is 4.74 Å². The molecule has 1 aromatic carbocycles. The molecule has 1 amide bonds. The van der Waals surface area contributed by atoms with Crippen LogP contribution in [0.2, 0.25) is 0 Å². The molecule has 2 saturated heterocycles. The highest BCUT2D eigenvalue weighted by Crippen LogP contribution is 2.39. The Morgan fingerprint density at radius 1 is 1.25 bits per heavy atom. The number of hydrogen-bond donors (Lipinski definition) is 0. The molecule has 0 radical (unpaired) electrons. The molecule has 0 aliphatic carbocycles. The summed E-state index contributed by atoms with van der Waals surface area (Å²) < 4.78 is 6.24. The van der Waals surface area contributed by atoms with Gasteiger partial charge in [0.1, 0.15) is 0 Å². The van der Waals surface area contributed by atoms with Crippen LogP contribution in [0.3, 0.4) is 0 Å². The minimum atomic E-state index is 0.0153. The number of ether oxygens (including phenoxy) is 1. The zero-order chi connectivity index (χ0) is 17.2. The predicted octanol–water partition coefficient (Wildman–Crippen LogP) is 3.98. The van der Waals surface area contributed by atoms with Crippen LogP contribution >= 0.6 is 0 Å². The molecule has 3 rings (SSSR count). The van der Waals surface area contributed by atoms with Crippen molar-refractivity contribution in [1.82, 2.24) is 4.90 Å². The summed E-state index contributed by atoms with van der Waals surface area (Å²) in [5.74, 6) is 1.09. The highest BCUT2D eigenvalue weighted by atomic mass is 16.5. The number of amides is 1. The first kappa shape index (κ1) is 17.5.